The minimum absolute atomic E-state index is 0.135. The predicted octanol–water partition coefficient (Wildman–Crippen LogP) is 2.96. The molecule has 0 aromatic heterocycles. The van der Waals surface area contributed by atoms with Crippen LogP contribution in [0.3, 0.4) is 0 Å². The average Bonchev–Trinajstić information content (AvgIpc) is 2.83. The van der Waals surface area contributed by atoms with Crippen molar-refractivity contribution in [3.8, 4) is 5.75 Å². The summed E-state index contributed by atoms with van der Waals surface area (Å²) >= 11 is 0. The lowest BCUT2D eigenvalue weighted by molar-refractivity contribution is -0.133. The first kappa shape index (κ1) is 20.3. The van der Waals surface area contributed by atoms with E-state index in [0.29, 0.717) is 31.8 Å². The summed E-state index contributed by atoms with van der Waals surface area (Å²) < 4.78 is 5.35. The van der Waals surface area contributed by atoms with Gasteiger partial charge in [0.1, 0.15) is 5.75 Å². The summed E-state index contributed by atoms with van der Waals surface area (Å²) in [5, 5.41) is 0. The maximum atomic E-state index is 12.8. The molecule has 144 valence electrons. The van der Waals surface area contributed by atoms with Crippen LogP contribution in [0.4, 0.5) is 0 Å². The Kier molecular flexibility index (Phi) is 7.06. The molecule has 2 amide bonds. The molecule has 5 heteroatoms. The van der Waals surface area contributed by atoms with Crippen LogP contribution in [0, 0.1) is 19.8 Å². The number of carbonyl (C=O) groups excluding carboxylic acids is 2. The molecule has 1 fully saturated rings. The standard InChI is InChI=1S/C21H32N2O3/c1-15(2)11-20(24)22-7-6-8-23(10-9-22)21(25)14-18-12-17(4)19(26-5)13-16(18)3/h12-13,15H,6-11,14H2,1-5H3. The number of nitrogens with zero attached hydrogens (tertiary/aromatic N) is 2. The molecule has 1 aliphatic heterocycles. The van der Waals surface area contributed by atoms with E-state index in [2.05, 4.69) is 13.8 Å². The van der Waals surface area contributed by atoms with Gasteiger partial charge in [-0.25, -0.2) is 0 Å². The first-order chi connectivity index (χ1) is 12.3. The molecule has 0 saturated carbocycles. The zero-order chi connectivity index (χ0) is 19.3. The number of benzene rings is 1. The fourth-order valence-electron chi connectivity index (χ4n) is 3.43. The molecule has 0 aliphatic carbocycles. The number of methoxy groups -OCH3 is 1. The summed E-state index contributed by atoms with van der Waals surface area (Å²) in [6.07, 6.45) is 1.82. The molecule has 0 bridgehead atoms. The van der Waals surface area contributed by atoms with Crippen molar-refractivity contribution in [1.82, 2.24) is 9.80 Å². The van der Waals surface area contributed by atoms with Gasteiger partial charge in [0, 0.05) is 32.6 Å². The monoisotopic (exact) mass is 360 g/mol. The van der Waals surface area contributed by atoms with Gasteiger partial charge in [0.05, 0.1) is 13.5 Å². The minimum Gasteiger partial charge on any atom is -0.496 e. The zero-order valence-corrected chi connectivity index (χ0v) is 16.8. The molecule has 1 heterocycles. The first-order valence-electron chi connectivity index (χ1n) is 9.51. The van der Waals surface area contributed by atoms with Gasteiger partial charge in [0.2, 0.25) is 11.8 Å². The second kappa shape index (κ2) is 9.06. The highest BCUT2D eigenvalue weighted by molar-refractivity contribution is 5.80. The van der Waals surface area contributed by atoms with Crippen LogP contribution >= 0.6 is 0 Å². The molecule has 1 aliphatic rings. The van der Waals surface area contributed by atoms with Crippen LogP contribution in [0.15, 0.2) is 12.1 Å². The van der Waals surface area contributed by atoms with Gasteiger partial charge in [-0.1, -0.05) is 19.9 Å². The summed E-state index contributed by atoms with van der Waals surface area (Å²) in [4.78, 5) is 28.9. The highest BCUT2D eigenvalue weighted by Crippen LogP contribution is 2.23. The van der Waals surface area contributed by atoms with Crippen LogP contribution in [0.2, 0.25) is 0 Å². The summed E-state index contributed by atoms with van der Waals surface area (Å²) in [7, 11) is 1.66. The number of hydrogen-bond acceptors (Lipinski definition) is 3. The van der Waals surface area contributed by atoms with E-state index in [1.165, 1.54) is 0 Å². The van der Waals surface area contributed by atoms with E-state index < -0.39 is 0 Å². The van der Waals surface area contributed by atoms with Gasteiger partial charge in [0.15, 0.2) is 0 Å². The summed E-state index contributed by atoms with van der Waals surface area (Å²) in [6, 6.07) is 4.04. The number of amides is 2. The highest BCUT2D eigenvalue weighted by atomic mass is 16.5. The first-order valence-corrected chi connectivity index (χ1v) is 9.51. The molecular weight excluding hydrogens is 328 g/mol. The van der Waals surface area contributed by atoms with Crippen LogP contribution in [0.25, 0.3) is 0 Å². The number of carbonyl (C=O) groups is 2. The topological polar surface area (TPSA) is 49.9 Å². The van der Waals surface area contributed by atoms with Crippen molar-refractivity contribution in [2.75, 3.05) is 33.3 Å². The maximum absolute atomic E-state index is 12.8. The Morgan fingerprint density at radius 3 is 2.19 bits per heavy atom. The summed E-state index contributed by atoms with van der Waals surface area (Å²) in [6.45, 7) is 10.9. The van der Waals surface area contributed by atoms with Crippen LogP contribution in [0.5, 0.6) is 5.75 Å². The van der Waals surface area contributed by atoms with Crippen LogP contribution in [-0.2, 0) is 16.0 Å². The lowest BCUT2D eigenvalue weighted by Crippen LogP contribution is -2.38. The molecular formula is C21H32N2O3. The molecule has 1 aromatic rings. The van der Waals surface area contributed by atoms with E-state index >= 15 is 0 Å². The van der Waals surface area contributed by atoms with Crippen LogP contribution in [0.1, 0.15) is 43.4 Å². The Hall–Kier alpha value is -2.04. The lowest BCUT2D eigenvalue weighted by Gasteiger charge is -2.23. The molecule has 1 saturated heterocycles. The van der Waals surface area contributed by atoms with Gasteiger partial charge in [-0.05, 0) is 48.9 Å². The highest BCUT2D eigenvalue weighted by Gasteiger charge is 2.23. The van der Waals surface area contributed by atoms with E-state index in [-0.39, 0.29) is 11.8 Å². The van der Waals surface area contributed by atoms with Crippen molar-refractivity contribution in [1.29, 1.82) is 0 Å². The largest absolute Gasteiger partial charge is 0.496 e. The quantitative estimate of drug-likeness (QED) is 0.811. The molecule has 1 aromatic carbocycles. The summed E-state index contributed by atoms with van der Waals surface area (Å²) in [5.41, 5.74) is 3.16. The van der Waals surface area contributed by atoms with Crippen LogP contribution in [-0.4, -0.2) is 54.9 Å². The van der Waals surface area contributed by atoms with E-state index in [1.807, 2.05) is 35.8 Å². The number of ether oxygens (including phenoxy) is 1. The third-order valence-electron chi connectivity index (χ3n) is 4.98. The van der Waals surface area contributed by atoms with Crippen molar-refractivity contribution in [3.63, 3.8) is 0 Å². The Bertz CT molecular complexity index is 655. The van der Waals surface area contributed by atoms with Crippen LogP contribution < -0.4 is 4.74 Å². The Labute approximate surface area is 157 Å². The van der Waals surface area contributed by atoms with Gasteiger partial charge >= 0.3 is 0 Å². The number of aryl methyl sites for hydroxylation is 2. The van der Waals surface area contributed by atoms with Crippen molar-refractivity contribution in [2.45, 2.75) is 47.0 Å². The number of rotatable bonds is 5. The molecule has 0 N–H and O–H groups in total. The van der Waals surface area contributed by atoms with E-state index in [4.69, 9.17) is 4.74 Å². The average molecular weight is 360 g/mol. The third-order valence-corrected chi connectivity index (χ3v) is 4.98. The number of hydrogen-bond donors (Lipinski definition) is 0. The predicted molar refractivity (Wildman–Crippen MR) is 103 cm³/mol. The third kappa shape index (κ3) is 5.23. The van der Waals surface area contributed by atoms with E-state index in [0.717, 1.165) is 42.0 Å². The molecule has 0 unspecified atom stereocenters. The second-order valence-corrected chi connectivity index (χ2v) is 7.64. The lowest BCUT2D eigenvalue weighted by atomic mass is 10.0. The SMILES string of the molecule is COc1cc(C)c(CC(=O)N2CCCN(C(=O)CC(C)C)CC2)cc1C. The van der Waals surface area contributed by atoms with Crippen molar-refractivity contribution < 1.29 is 14.3 Å². The van der Waals surface area contributed by atoms with Crippen molar-refractivity contribution in [3.05, 3.63) is 28.8 Å². The van der Waals surface area contributed by atoms with Crippen molar-refractivity contribution >= 4 is 11.8 Å². The normalized spacial score (nSPS) is 15.2. The molecule has 0 spiro atoms. The molecule has 0 atom stereocenters. The molecule has 5 nitrogen and oxygen atoms in total. The molecule has 26 heavy (non-hydrogen) atoms. The maximum Gasteiger partial charge on any atom is 0.227 e. The van der Waals surface area contributed by atoms with Gasteiger partial charge in [0.25, 0.3) is 0 Å². The minimum atomic E-state index is 0.135. The summed E-state index contributed by atoms with van der Waals surface area (Å²) in [5.74, 6) is 1.56. The van der Waals surface area contributed by atoms with Gasteiger partial charge in [-0.2, -0.15) is 0 Å². The van der Waals surface area contributed by atoms with E-state index in [9.17, 15) is 9.59 Å². The van der Waals surface area contributed by atoms with Gasteiger partial charge in [-0.3, -0.25) is 9.59 Å². The molecule has 2 rings (SSSR count). The van der Waals surface area contributed by atoms with Crippen molar-refractivity contribution in [2.24, 2.45) is 5.92 Å². The van der Waals surface area contributed by atoms with Gasteiger partial charge < -0.3 is 14.5 Å². The van der Waals surface area contributed by atoms with Gasteiger partial charge in [-0.15, -0.1) is 0 Å². The Morgan fingerprint density at radius 2 is 1.62 bits per heavy atom. The zero-order valence-electron chi connectivity index (χ0n) is 16.8. The Balaban J connectivity index is 1.98. The van der Waals surface area contributed by atoms with E-state index in [1.54, 1.807) is 7.11 Å². The smallest absolute Gasteiger partial charge is 0.227 e. The second-order valence-electron chi connectivity index (χ2n) is 7.64. The fraction of sp³-hybridized carbons (Fsp3) is 0.619. The molecule has 0 radical (unpaired) electrons. The Morgan fingerprint density at radius 1 is 1.00 bits per heavy atom. The fourth-order valence-corrected chi connectivity index (χ4v) is 3.43.